The standard InChI is InChI=1S/C21H15BrN4O9S/c1-34-19-10-13(12-23-24-21(27)14-5-7-15(8-6-14)25(28)29)9-18(22)20(19)35-36(32,33)17-4-2-3-16(11-17)26(30)31/h2-12H,1H3,(H,24,27)/b23-12-. The van der Waals surface area contributed by atoms with E-state index in [2.05, 4.69) is 26.5 Å². The average molecular weight is 579 g/mol. The second-order valence-electron chi connectivity index (χ2n) is 6.83. The van der Waals surface area contributed by atoms with E-state index in [1.54, 1.807) is 0 Å². The summed E-state index contributed by atoms with van der Waals surface area (Å²) in [5.74, 6) is -0.840. The molecule has 0 radical (unpaired) electrons. The summed E-state index contributed by atoms with van der Waals surface area (Å²) in [6.45, 7) is 0. The Bertz CT molecular complexity index is 1480. The molecule has 3 aromatic rings. The van der Waals surface area contributed by atoms with Crippen LogP contribution in [0.1, 0.15) is 15.9 Å². The number of hydrogen-bond acceptors (Lipinski definition) is 10. The first-order valence-electron chi connectivity index (χ1n) is 9.66. The van der Waals surface area contributed by atoms with Crippen LogP contribution in [0, 0.1) is 20.2 Å². The van der Waals surface area contributed by atoms with Gasteiger partial charge in [-0.3, -0.25) is 25.0 Å². The van der Waals surface area contributed by atoms with Crippen LogP contribution < -0.4 is 14.3 Å². The molecule has 0 atom stereocenters. The number of benzene rings is 3. The molecule has 3 aromatic carbocycles. The van der Waals surface area contributed by atoms with E-state index in [1.165, 1.54) is 55.8 Å². The summed E-state index contributed by atoms with van der Waals surface area (Å²) in [6, 6.07) is 12.1. The molecule has 0 aromatic heterocycles. The Morgan fingerprint density at radius 1 is 1.03 bits per heavy atom. The Morgan fingerprint density at radius 2 is 1.69 bits per heavy atom. The molecule has 36 heavy (non-hydrogen) atoms. The number of nitro groups is 2. The van der Waals surface area contributed by atoms with E-state index < -0.39 is 36.5 Å². The molecule has 0 saturated heterocycles. The van der Waals surface area contributed by atoms with Gasteiger partial charge in [-0.15, -0.1) is 0 Å². The number of carbonyl (C=O) groups is 1. The van der Waals surface area contributed by atoms with Crippen LogP contribution in [0.15, 0.2) is 75.1 Å². The summed E-state index contributed by atoms with van der Waals surface area (Å²) < 4.78 is 35.9. The highest BCUT2D eigenvalue weighted by molar-refractivity contribution is 9.10. The number of non-ortho nitro benzene ring substituents is 2. The molecule has 3 rings (SSSR count). The van der Waals surface area contributed by atoms with Gasteiger partial charge in [-0.25, -0.2) is 5.43 Å². The van der Waals surface area contributed by atoms with E-state index in [4.69, 9.17) is 8.92 Å². The molecule has 0 bridgehead atoms. The molecule has 13 nitrogen and oxygen atoms in total. The van der Waals surface area contributed by atoms with Crippen LogP contribution in [0.3, 0.4) is 0 Å². The van der Waals surface area contributed by atoms with E-state index in [1.807, 2.05) is 0 Å². The molecule has 0 heterocycles. The molecule has 0 spiro atoms. The summed E-state index contributed by atoms with van der Waals surface area (Å²) in [5, 5.41) is 25.5. The summed E-state index contributed by atoms with van der Waals surface area (Å²) in [7, 11) is -3.18. The van der Waals surface area contributed by atoms with Gasteiger partial charge in [0.25, 0.3) is 17.3 Å². The van der Waals surface area contributed by atoms with Crippen molar-refractivity contribution in [2.24, 2.45) is 5.10 Å². The fourth-order valence-electron chi connectivity index (χ4n) is 2.77. The highest BCUT2D eigenvalue weighted by Crippen LogP contribution is 2.38. The first kappa shape index (κ1) is 26.2. The Kier molecular flexibility index (Phi) is 7.96. The summed E-state index contributed by atoms with van der Waals surface area (Å²) in [4.78, 5) is 32.1. The number of hydrogen-bond donors (Lipinski definition) is 1. The molecule has 0 aliphatic heterocycles. The molecule has 186 valence electrons. The van der Waals surface area contributed by atoms with Crippen molar-refractivity contribution in [1.29, 1.82) is 0 Å². The molecule has 1 N–H and O–H groups in total. The predicted molar refractivity (Wildman–Crippen MR) is 130 cm³/mol. The van der Waals surface area contributed by atoms with E-state index >= 15 is 0 Å². The van der Waals surface area contributed by atoms with Crippen LogP contribution in [-0.4, -0.2) is 37.5 Å². The van der Waals surface area contributed by atoms with Gasteiger partial charge in [0, 0.05) is 29.8 Å². The lowest BCUT2D eigenvalue weighted by Crippen LogP contribution is -2.17. The number of halogens is 1. The van der Waals surface area contributed by atoms with Crippen molar-refractivity contribution >= 4 is 49.5 Å². The van der Waals surface area contributed by atoms with Gasteiger partial charge in [-0.1, -0.05) is 6.07 Å². The van der Waals surface area contributed by atoms with E-state index in [0.29, 0.717) is 5.56 Å². The van der Waals surface area contributed by atoms with Crippen LogP contribution in [0.2, 0.25) is 0 Å². The maximum Gasteiger partial charge on any atom is 0.339 e. The largest absolute Gasteiger partial charge is 0.493 e. The lowest BCUT2D eigenvalue weighted by molar-refractivity contribution is -0.385. The first-order chi connectivity index (χ1) is 17.0. The molecular weight excluding hydrogens is 564 g/mol. The van der Waals surface area contributed by atoms with Crippen molar-refractivity contribution in [2.45, 2.75) is 4.90 Å². The normalized spacial score (nSPS) is 11.2. The number of methoxy groups -OCH3 is 1. The number of amides is 1. The zero-order valence-electron chi connectivity index (χ0n) is 18.2. The molecule has 0 aliphatic carbocycles. The molecular formula is C21H15BrN4O9S. The quantitative estimate of drug-likeness (QED) is 0.171. The topological polar surface area (TPSA) is 180 Å². The van der Waals surface area contributed by atoms with E-state index in [-0.39, 0.29) is 27.2 Å². The Hall–Kier alpha value is -4.37. The SMILES string of the molecule is COc1cc(/C=N\NC(=O)c2ccc([N+](=O)[O-])cc2)cc(Br)c1OS(=O)(=O)c1cccc([N+](=O)[O-])c1. The van der Waals surface area contributed by atoms with Crippen molar-refractivity contribution in [3.8, 4) is 11.5 Å². The highest BCUT2D eigenvalue weighted by atomic mass is 79.9. The van der Waals surface area contributed by atoms with Gasteiger partial charge < -0.3 is 8.92 Å². The number of ether oxygens (including phenoxy) is 1. The Balaban J connectivity index is 1.78. The van der Waals surface area contributed by atoms with Gasteiger partial charge in [-0.05, 0) is 51.8 Å². The maximum atomic E-state index is 12.7. The van der Waals surface area contributed by atoms with Crippen molar-refractivity contribution in [1.82, 2.24) is 5.43 Å². The molecule has 0 aliphatic rings. The lowest BCUT2D eigenvalue weighted by atomic mass is 10.2. The molecule has 0 unspecified atom stereocenters. The van der Waals surface area contributed by atoms with Gasteiger partial charge in [0.15, 0.2) is 11.5 Å². The fourth-order valence-corrected chi connectivity index (χ4v) is 4.42. The summed E-state index contributed by atoms with van der Waals surface area (Å²) in [5.41, 5.74) is 2.20. The van der Waals surface area contributed by atoms with E-state index in [0.717, 1.165) is 18.2 Å². The first-order valence-corrected chi connectivity index (χ1v) is 11.9. The minimum absolute atomic E-state index is 0.0125. The zero-order chi connectivity index (χ0) is 26.5. The van der Waals surface area contributed by atoms with Crippen molar-refractivity contribution in [3.05, 3.63) is 96.5 Å². The fraction of sp³-hybridized carbons (Fsp3) is 0.0476. The molecule has 15 heteroatoms. The van der Waals surface area contributed by atoms with Crippen LogP contribution >= 0.6 is 15.9 Å². The van der Waals surface area contributed by atoms with Gasteiger partial charge in [-0.2, -0.15) is 13.5 Å². The third kappa shape index (κ3) is 6.19. The van der Waals surface area contributed by atoms with Crippen molar-refractivity contribution < 1.29 is 32.0 Å². The molecule has 0 saturated carbocycles. The Morgan fingerprint density at radius 3 is 2.31 bits per heavy atom. The van der Waals surface area contributed by atoms with Crippen LogP contribution in [0.4, 0.5) is 11.4 Å². The highest BCUT2D eigenvalue weighted by Gasteiger charge is 2.24. The molecule has 1 amide bonds. The monoisotopic (exact) mass is 578 g/mol. The summed E-state index contributed by atoms with van der Waals surface area (Å²) in [6.07, 6.45) is 1.25. The number of nitro benzene ring substituents is 2. The molecule has 0 fully saturated rings. The lowest BCUT2D eigenvalue weighted by Gasteiger charge is -2.13. The number of carbonyl (C=O) groups excluding carboxylic acids is 1. The average Bonchev–Trinajstić information content (AvgIpc) is 2.85. The number of rotatable bonds is 9. The number of nitrogens with zero attached hydrogens (tertiary/aromatic N) is 3. The Labute approximate surface area is 211 Å². The van der Waals surface area contributed by atoms with Gasteiger partial charge >= 0.3 is 10.1 Å². The van der Waals surface area contributed by atoms with Crippen molar-refractivity contribution in [2.75, 3.05) is 7.11 Å². The van der Waals surface area contributed by atoms with Crippen LogP contribution in [0.25, 0.3) is 0 Å². The zero-order valence-corrected chi connectivity index (χ0v) is 20.6. The van der Waals surface area contributed by atoms with Gasteiger partial charge in [0.05, 0.1) is 27.6 Å². The van der Waals surface area contributed by atoms with Crippen molar-refractivity contribution in [3.63, 3.8) is 0 Å². The minimum Gasteiger partial charge on any atom is -0.493 e. The third-order valence-electron chi connectivity index (χ3n) is 4.48. The second-order valence-corrected chi connectivity index (χ2v) is 9.23. The maximum absolute atomic E-state index is 12.7. The van der Waals surface area contributed by atoms with Crippen LogP contribution in [0.5, 0.6) is 11.5 Å². The van der Waals surface area contributed by atoms with Crippen LogP contribution in [-0.2, 0) is 10.1 Å². The summed E-state index contributed by atoms with van der Waals surface area (Å²) >= 11 is 3.20. The number of nitrogens with one attached hydrogen (secondary N) is 1. The van der Waals surface area contributed by atoms with E-state index in [9.17, 15) is 33.4 Å². The van der Waals surface area contributed by atoms with Gasteiger partial charge in [0.2, 0.25) is 0 Å². The smallest absolute Gasteiger partial charge is 0.339 e. The second kappa shape index (κ2) is 10.9. The van der Waals surface area contributed by atoms with Gasteiger partial charge in [0.1, 0.15) is 4.90 Å². The third-order valence-corrected chi connectivity index (χ3v) is 6.29. The number of hydrazone groups is 1. The minimum atomic E-state index is -4.45. The predicted octanol–water partition coefficient (Wildman–Crippen LogP) is 3.81.